The highest BCUT2D eigenvalue weighted by Crippen LogP contribution is 2.22. The van der Waals surface area contributed by atoms with Crippen molar-refractivity contribution in [2.75, 3.05) is 0 Å². The van der Waals surface area contributed by atoms with Gasteiger partial charge >= 0.3 is 5.97 Å². The number of hydrogen-bond acceptors (Lipinski definition) is 3. The first-order valence-electron chi connectivity index (χ1n) is 6.85. The molecule has 2 N–H and O–H groups in total. The number of nitrogens with one attached hydrogen (secondary N) is 1. The lowest BCUT2D eigenvalue weighted by Gasteiger charge is -2.13. The standard InChI is InChI=1S/C16H21NO3S/c1-4-5-6-14(16(19)20)17-15(18)12-7-9-13(10-8-12)21-11(2)3/h4-5,7-11,14H,6H2,1-3H3,(H,17,18)(H,19,20)/b5-4+. The van der Waals surface area contributed by atoms with Crippen molar-refractivity contribution in [2.24, 2.45) is 0 Å². The predicted octanol–water partition coefficient (Wildman–Crippen LogP) is 3.34. The quantitative estimate of drug-likeness (QED) is 0.599. The third-order valence-electron chi connectivity index (χ3n) is 2.70. The molecule has 0 aliphatic carbocycles. The average Bonchev–Trinajstić information content (AvgIpc) is 2.43. The number of amides is 1. The van der Waals surface area contributed by atoms with Crippen LogP contribution in [0.2, 0.25) is 0 Å². The Kier molecular flexibility index (Phi) is 7.02. The third kappa shape index (κ3) is 6.04. The van der Waals surface area contributed by atoms with E-state index in [9.17, 15) is 9.59 Å². The second-order valence-electron chi connectivity index (χ2n) is 4.86. The minimum absolute atomic E-state index is 0.277. The van der Waals surface area contributed by atoms with Crippen LogP contribution in [0.15, 0.2) is 41.3 Å². The number of aliphatic carboxylic acids is 1. The summed E-state index contributed by atoms with van der Waals surface area (Å²) >= 11 is 1.71. The molecule has 0 radical (unpaired) electrons. The van der Waals surface area contributed by atoms with Crippen LogP contribution in [-0.2, 0) is 4.79 Å². The van der Waals surface area contributed by atoms with Crippen LogP contribution >= 0.6 is 11.8 Å². The first kappa shape index (κ1) is 17.3. The highest BCUT2D eigenvalue weighted by atomic mass is 32.2. The molecule has 1 atom stereocenters. The summed E-state index contributed by atoms with van der Waals surface area (Å²) in [5.41, 5.74) is 0.467. The molecule has 0 aliphatic rings. The van der Waals surface area contributed by atoms with Gasteiger partial charge in [0, 0.05) is 15.7 Å². The molecule has 114 valence electrons. The summed E-state index contributed by atoms with van der Waals surface area (Å²) in [4.78, 5) is 24.2. The highest BCUT2D eigenvalue weighted by Gasteiger charge is 2.19. The van der Waals surface area contributed by atoms with E-state index in [-0.39, 0.29) is 12.3 Å². The minimum atomic E-state index is -1.03. The molecule has 0 fully saturated rings. The normalized spacial score (nSPS) is 12.6. The maximum atomic E-state index is 12.1. The van der Waals surface area contributed by atoms with Crippen LogP contribution in [0, 0.1) is 0 Å². The Hall–Kier alpha value is -1.75. The van der Waals surface area contributed by atoms with Gasteiger partial charge in [-0.25, -0.2) is 4.79 Å². The summed E-state index contributed by atoms with van der Waals surface area (Å²) in [5, 5.41) is 12.1. The van der Waals surface area contributed by atoms with Gasteiger partial charge in [-0.3, -0.25) is 4.79 Å². The second-order valence-corrected chi connectivity index (χ2v) is 6.51. The number of allylic oxidation sites excluding steroid dienone is 1. The number of carboxylic acid groups (broad SMARTS) is 1. The Morgan fingerprint density at radius 2 is 1.90 bits per heavy atom. The Morgan fingerprint density at radius 1 is 1.29 bits per heavy atom. The van der Waals surface area contributed by atoms with Gasteiger partial charge in [-0.05, 0) is 37.6 Å². The lowest BCUT2D eigenvalue weighted by atomic mass is 10.1. The average molecular weight is 307 g/mol. The Labute approximate surface area is 129 Å². The summed E-state index contributed by atoms with van der Waals surface area (Å²) in [6.45, 7) is 6.01. The molecule has 0 spiro atoms. The molecule has 1 aromatic carbocycles. The fourth-order valence-electron chi connectivity index (χ4n) is 1.69. The monoisotopic (exact) mass is 307 g/mol. The van der Waals surface area contributed by atoms with Crippen molar-refractivity contribution in [1.82, 2.24) is 5.32 Å². The van der Waals surface area contributed by atoms with Crippen molar-refractivity contribution >= 4 is 23.6 Å². The Morgan fingerprint density at radius 3 is 2.38 bits per heavy atom. The molecule has 1 rings (SSSR count). The Balaban J connectivity index is 2.71. The van der Waals surface area contributed by atoms with Gasteiger partial charge in [-0.1, -0.05) is 26.0 Å². The van der Waals surface area contributed by atoms with Gasteiger partial charge < -0.3 is 10.4 Å². The van der Waals surface area contributed by atoms with Crippen molar-refractivity contribution in [3.8, 4) is 0 Å². The smallest absolute Gasteiger partial charge is 0.326 e. The summed E-state index contributed by atoms with van der Waals surface area (Å²) in [7, 11) is 0. The fourth-order valence-corrected chi connectivity index (χ4v) is 2.53. The largest absolute Gasteiger partial charge is 0.480 e. The van der Waals surface area contributed by atoms with Crippen molar-refractivity contribution < 1.29 is 14.7 Å². The molecule has 4 nitrogen and oxygen atoms in total. The zero-order chi connectivity index (χ0) is 15.8. The first-order valence-corrected chi connectivity index (χ1v) is 7.73. The van der Waals surface area contributed by atoms with Crippen LogP contribution in [0.1, 0.15) is 37.6 Å². The molecule has 1 amide bonds. The lowest BCUT2D eigenvalue weighted by molar-refractivity contribution is -0.139. The molecule has 0 saturated heterocycles. The van der Waals surface area contributed by atoms with E-state index >= 15 is 0 Å². The molecule has 1 unspecified atom stereocenters. The number of hydrogen-bond donors (Lipinski definition) is 2. The number of carboxylic acids is 1. The summed E-state index contributed by atoms with van der Waals surface area (Å²) < 4.78 is 0. The predicted molar refractivity (Wildman–Crippen MR) is 85.8 cm³/mol. The number of rotatable bonds is 7. The van der Waals surface area contributed by atoms with E-state index in [0.29, 0.717) is 10.8 Å². The van der Waals surface area contributed by atoms with Crippen LogP contribution in [0.4, 0.5) is 0 Å². The molecule has 1 aromatic rings. The molecule has 0 heterocycles. The van der Waals surface area contributed by atoms with Gasteiger partial charge in [0.2, 0.25) is 0 Å². The fraction of sp³-hybridized carbons (Fsp3) is 0.375. The molecule has 0 saturated carbocycles. The molecule has 0 bridgehead atoms. The molecule has 0 aromatic heterocycles. The van der Waals surface area contributed by atoms with Gasteiger partial charge in [-0.2, -0.15) is 0 Å². The van der Waals surface area contributed by atoms with Gasteiger partial charge in [0.25, 0.3) is 5.91 Å². The van der Waals surface area contributed by atoms with Crippen molar-refractivity contribution in [3.63, 3.8) is 0 Å². The van der Waals surface area contributed by atoms with Gasteiger partial charge in [0.05, 0.1) is 0 Å². The lowest BCUT2D eigenvalue weighted by Crippen LogP contribution is -2.40. The zero-order valence-corrected chi connectivity index (χ0v) is 13.3. The first-order chi connectivity index (χ1) is 9.93. The zero-order valence-electron chi connectivity index (χ0n) is 12.5. The number of carbonyl (C=O) groups excluding carboxylic acids is 1. The summed E-state index contributed by atoms with van der Waals surface area (Å²) in [6, 6.07) is 6.28. The summed E-state index contributed by atoms with van der Waals surface area (Å²) in [5.74, 6) is -1.40. The number of thioether (sulfide) groups is 1. The topological polar surface area (TPSA) is 66.4 Å². The molecule has 21 heavy (non-hydrogen) atoms. The van der Waals surface area contributed by atoms with E-state index in [2.05, 4.69) is 19.2 Å². The van der Waals surface area contributed by atoms with Gasteiger partial charge in [0.1, 0.15) is 6.04 Å². The van der Waals surface area contributed by atoms with Crippen molar-refractivity contribution in [3.05, 3.63) is 42.0 Å². The van der Waals surface area contributed by atoms with Crippen molar-refractivity contribution in [2.45, 2.75) is 43.4 Å². The van der Waals surface area contributed by atoms with Crippen molar-refractivity contribution in [1.29, 1.82) is 0 Å². The highest BCUT2D eigenvalue weighted by molar-refractivity contribution is 7.99. The Bertz CT molecular complexity index is 509. The maximum Gasteiger partial charge on any atom is 0.326 e. The van der Waals surface area contributed by atoms with E-state index in [1.165, 1.54) is 0 Å². The van der Waals surface area contributed by atoms with E-state index in [0.717, 1.165) is 4.90 Å². The van der Waals surface area contributed by atoms with Crippen LogP contribution < -0.4 is 5.32 Å². The second kappa shape index (κ2) is 8.52. The van der Waals surface area contributed by atoms with Gasteiger partial charge in [-0.15, -0.1) is 11.8 Å². The van der Waals surface area contributed by atoms with Crippen LogP contribution in [-0.4, -0.2) is 28.3 Å². The number of benzene rings is 1. The van der Waals surface area contributed by atoms with E-state index < -0.39 is 12.0 Å². The molecular weight excluding hydrogens is 286 g/mol. The van der Waals surface area contributed by atoms with Gasteiger partial charge in [0.15, 0.2) is 0 Å². The minimum Gasteiger partial charge on any atom is -0.480 e. The third-order valence-corrected chi connectivity index (χ3v) is 3.71. The summed E-state index contributed by atoms with van der Waals surface area (Å²) in [6.07, 6.45) is 3.76. The molecular formula is C16H21NO3S. The van der Waals surface area contributed by atoms with Crippen LogP contribution in [0.5, 0.6) is 0 Å². The van der Waals surface area contributed by atoms with E-state index in [1.54, 1.807) is 36.0 Å². The number of carbonyl (C=O) groups is 2. The van der Waals surface area contributed by atoms with E-state index in [4.69, 9.17) is 5.11 Å². The SMILES string of the molecule is C/C=C/CC(NC(=O)c1ccc(SC(C)C)cc1)C(=O)O. The van der Waals surface area contributed by atoms with E-state index in [1.807, 2.05) is 19.1 Å². The molecule has 0 aliphatic heterocycles. The molecule has 5 heteroatoms. The van der Waals surface area contributed by atoms with Crippen LogP contribution in [0.25, 0.3) is 0 Å². The van der Waals surface area contributed by atoms with Crippen LogP contribution in [0.3, 0.4) is 0 Å². The maximum absolute atomic E-state index is 12.1.